The summed E-state index contributed by atoms with van der Waals surface area (Å²) in [6.45, 7) is 0.336. The van der Waals surface area contributed by atoms with E-state index >= 15 is 0 Å². The van der Waals surface area contributed by atoms with Crippen LogP contribution < -0.4 is 14.2 Å². The van der Waals surface area contributed by atoms with Gasteiger partial charge in [0.25, 0.3) is 0 Å². The van der Waals surface area contributed by atoms with Crippen LogP contribution in [-0.4, -0.2) is 19.2 Å². The maximum atomic E-state index is 5.97. The van der Waals surface area contributed by atoms with E-state index in [1.807, 2.05) is 12.1 Å². The van der Waals surface area contributed by atoms with Gasteiger partial charge in [-0.25, -0.2) is 4.98 Å². The zero-order valence-electron chi connectivity index (χ0n) is 10.7. The summed E-state index contributed by atoms with van der Waals surface area (Å²) in [6, 6.07) is 9.03. The zero-order chi connectivity index (χ0) is 13.7. The molecule has 19 heavy (non-hydrogen) atoms. The average Bonchev–Trinajstić information content (AvgIpc) is 2.46. The van der Waals surface area contributed by atoms with Gasteiger partial charge in [0.05, 0.1) is 14.2 Å². The third kappa shape index (κ3) is 3.51. The molecule has 0 unspecified atom stereocenters. The third-order valence-corrected chi connectivity index (χ3v) is 2.90. The van der Waals surface area contributed by atoms with Crippen LogP contribution in [0.2, 0.25) is 5.15 Å². The second-order valence-electron chi connectivity index (χ2n) is 3.79. The van der Waals surface area contributed by atoms with Crippen LogP contribution in [0.15, 0.2) is 36.5 Å². The minimum absolute atomic E-state index is 0.336. The summed E-state index contributed by atoms with van der Waals surface area (Å²) in [5.41, 5.74) is 0.825. The molecule has 0 saturated heterocycles. The third-order valence-electron chi connectivity index (χ3n) is 2.56. The molecule has 0 fully saturated rings. The molecule has 1 aromatic carbocycles. The smallest absolute Gasteiger partial charge is 0.135 e. The predicted octanol–water partition coefficient (Wildman–Crippen LogP) is 3.33. The summed E-state index contributed by atoms with van der Waals surface area (Å²) in [7, 11) is 3.19. The number of pyridine rings is 1. The maximum Gasteiger partial charge on any atom is 0.135 e. The molecule has 0 N–H and O–H groups in total. The molecule has 1 heterocycles. The Labute approximate surface area is 116 Å². The van der Waals surface area contributed by atoms with E-state index < -0.39 is 0 Å². The molecule has 2 rings (SSSR count). The molecular weight excluding hydrogens is 266 g/mol. The van der Waals surface area contributed by atoms with Gasteiger partial charge in [-0.05, 0) is 6.07 Å². The van der Waals surface area contributed by atoms with Gasteiger partial charge in [0.1, 0.15) is 29.0 Å². The van der Waals surface area contributed by atoms with Crippen molar-refractivity contribution in [2.24, 2.45) is 0 Å². The van der Waals surface area contributed by atoms with Crippen LogP contribution in [0.3, 0.4) is 0 Å². The van der Waals surface area contributed by atoms with Crippen molar-refractivity contribution in [1.82, 2.24) is 4.98 Å². The number of hydrogen-bond donors (Lipinski definition) is 0. The Morgan fingerprint density at radius 1 is 1.05 bits per heavy atom. The van der Waals surface area contributed by atoms with E-state index in [0.717, 1.165) is 5.56 Å². The number of aromatic nitrogens is 1. The fraction of sp³-hybridized carbons (Fsp3) is 0.214. The van der Waals surface area contributed by atoms with E-state index in [1.165, 1.54) is 0 Å². The first-order valence-corrected chi connectivity index (χ1v) is 6.06. The Bertz CT molecular complexity index is 538. The molecule has 2 aromatic rings. The van der Waals surface area contributed by atoms with E-state index in [9.17, 15) is 0 Å². The monoisotopic (exact) mass is 279 g/mol. The van der Waals surface area contributed by atoms with Gasteiger partial charge in [-0.15, -0.1) is 0 Å². The van der Waals surface area contributed by atoms with Gasteiger partial charge < -0.3 is 14.2 Å². The van der Waals surface area contributed by atoms with Gasteiger partial charge in [0.15, 0.2) is 0 Å². The molecule has 4 nitrogen and oxygen atoms in total. The lowest BCUT2D eigenvalue weighted by Gasteiger charge is -2.10. The van der Waals surface area contributed by atoms with E-state index in [-0.39, 0.29) is 0 Å². The number of methoxy groups -OCH3 is 2. The predicted molar refractivity (Wildman–Crippen MR) is 73.1 cm³/mol. The number of nitrogens with zero attached hydrogens (tertiary/aromatic N) is 1. The second kappa shape index (κ2) is 6.29. The van der Waals surface area contributed by atoms with Gasteiger partial charge in [0.2, 0.25) is 0 Å². The maximum absolute atomic E-state index is 5.97. The highest BCUT2D eigenvalue weighted by atomic mass is 35.5. The van der Waals surface area contributed by atoms with Gasteiger partial charge in [-0.1, -0.05) is 17.7 Å². The Morgan fingerprint density at radius 2 is 1.68 bits per heavy atom. The molecule has 1 aromatic heterocycles. The SMILES string of the molecule is COc1cc(OC)cc(OCc2cccnc2Cl)c1. The summed E-state index contributed by atoms with van der Waals surface area (Å²) >= 11 is 5.97. The fourth-order valence-electron chi connectivity index (χ4n) is 1.55. The summed E-state index contributed by atoms with van der Waals surface area (Å²) in [4.78, 5) is 3.99. The second-order valence-corrected chi connectivity index (χ2v) is 4.15. The highest BCUT2D eigenvalue weighted by Crippen LogP contribution is 2.28. The Balaban J connectivity index is 2.13. The largest absolute Gasteiger partial charge is 0.496 e. The number of hydrogen-bond acceptors (Lipinski definition) is 4. The minimum Gasteiger partial charge on any atom is -0.496 e. The summed E-state index contributed by atoms with van der Waals surface area (Å²) < 4.78 is 16.0. The van der Waals surface area contributed by atoms with Crippen molar-refractivity contribution in [3.05, 3.63) is 47.2 Å². The lowest BCUT2D eigenvalue weighted by Crippen LogP contribution is -1.98. The lowest BCUT2D eigenvalue weighted by atomic mass is 10.3. The van der Waals surface area contributed by atoms with Crippen LogP contribution in [0.5, 0.6) is 17.2 Å². The summed E-state index contributed by atoms with van der Waals surface area (Å²) in [6.07, 6.45) is 1.64. The van der Waals surface area contributed by atoms with Gasteiger partial charge in [-0.2, -0.15) is 0 Å². The van der Waals surface area contributed by atoms with Crippen molar-refractivity contribution >= 4 is 11.6 Å². The molecule has 0 aliphatic heterocycles. The zero-order valence-corrected chi connectivity index (χ0v) is 11.5. The molecule has 0 bridgehead atoms. The molecule has 0 radical (unpaired) electrons. The Morgan fingerprint density at radius 3 is 2.26 bits per heavy atom. The van der Waals surface area contributed by atoms with Crippen LogP contribution >= 0.6 is 11.6 Å². The molecule has 5 heteroatoms. The van der Waals surface area contributed by atoms with Crippen molar-refractivity contribution in [3.63, 3.8) is 0 Å². The molecule has 100 valence electrons. The van der Waals surface area contributed by atoms with Gasteiger partial charge >= 0.3 is 0 Å². The van der Waals surface area contributed by atoms with Crippen LogP contribution in [0.4, 0.5) is 0 Å². The number of benzene rings is 1. The molecular formula is C14H14ClNO3. The van der Waals surface area contributed by atoms with Crippen LogP contribution in [0.1, 0.15) is 5.56 Å². The van der Waals surface area contributed by atoms with Crippen molar-refractivity contribution < 1.29 is 14.2 Å². The first-order chi connectivity index (χ1) is 9.22. The van der Waals surface area contributed by atoms with E-state index in [0.29, 0.717) is 29.0 Å². The molecule has 0 aliphatic rings. The van der Waals surface area contributed by atoms with Gasteiger partial charge in [0, 0.05) is 30.0 Å². The molecule has 0 saturated carbocycles. The Kier molecular flexibility index (Phi) is 4.47. The van der Waals surface area contributed by atoms with Crippen LogP contribution in [0.25, 0.3) is 0 Å². The molecule has 0 atom stereocenters. The molecule has 0 spiro atoms. The first-order valence-electron chi connectivity index (χ1n) is 5.68. The average molecular weight is 280 g/mol. The van der Waals surface area contributed by atoms with Crippen LogP contribution in [-0.2, 0) is 6.61 Å². The number of halogens is 1. The fourth-order valence-corrected chi connectivity index (χ4v) is 1.73. The first kappa shape index (κ1) is 13.5. The van der Waals surface area contributed by atoms with Crippen molar-refractivity contribution in [2.45, 2.75) is 6.61 Å². The highest BCUT2D eigenvalue weighted by Gasteiger charge is 2.05. The topological polar surface area (TPSA) is 40.6 Å². The van der Waals surface area contributed by atoms with Crippen molar-refractivity contribution in [3.8, 4) is 17.2 Å². The standard InChI is InChI=1S/C14H14ClNO3/c1-17-11-6-12(18-2)8-13(7-11)19-9-10-4-3-5-16-14(10)15/h3-8H,9H2,1-2H3. The summed E-state index contributed by atoms with van der Waals surface area (Å²) in [5.74, 6) is 1.99. The minimum atomic E-state index is 0.336. The van der Waals surface area contributed by atoms with Crippen molar-refractivity contribution in [1.29, 1.82) is 0 Å². The quantitative estimate of drug-likeness (QED) is 0.787. The number of rotatable bonds is 5. The van der Waals surface area contributed by atoms with Gasteiger partial charge in [-0.3, -0.25) is 0 Å². The van der Waals surface area contributed by atoms with Crippen molar-refractivity contribution in [2.75, 3.05) is 14.2 Å². The van der Waals surface area contributed by atoms with E-state index in [4.69, 9.17) is 25.8 Å². The lowest BCUT2D eigenvalue weighted by molar-refractivity contribution is 0.300. The normalized spacial score (nSPS) is 10.1. The van der Waals surface area contributed by atoms with Crippen LogP contribution in [0, 0.1) is 0 Å². The number of ether oxygens (including phenoxy) is 3. The molecule has 0 amide bonds. The van der Waals surface area contributed by atoms with E-state index in [2.05, 4.69) is 4.98 Å². The summed E-state index contributed by atoms with van der Waals surface area (Å²) in [5, 5.41) is 0.442. The van der Waals surface area contributed by atoms with E-state index in [1.54, 1.807) is 38.6 Å². The Hall–Kier alpha value is -1.94. The molecule has 0 aliphatic carbocycles. The highest BCUT2D eigenvalue weighted by molar-refractivity contribution is 6.30.